The van der Waals surface area contributed by atoms with Crippen molar-refractivity contribution in [1.82, 2.24) is 4.72 Å². The molecule has 0 aliphatic heterocycles. The molecule has 27 heavy (non-hydrogen) atoms. The van der Waals surface area contributed by atoms with Crippen LogP contribution in [0.4, 0.5) is 5.69 Å². The smallest absolute Gasteiger partial charge is 0.255 e. The lowest BCUT2D eigenvalue weighted by Crippen LogP contribution is -2.29. The number of nitrogens with two attached hydrogens (primary N) is 1. The number of anilines is 1. The molecule has 2 aromatic carbocycles. The Balaban J connectivity index is 2.12. The molecule has 4 N–H and O–H groups in total. The third-order valence-corrected chi connectivity index (χ3v) is 4.98. The van der Waals surface area contributed by atoms with E-state index in [-0.39, 0.29) is 23.9 Å². The van der Waals surface area contributed by atoms with E-state index in [4.69, 9.17) is 10.5 Å². The summed E-state index contributed by atoms with van der Waals surface area (Å²) in [6, 6.07) is 12.9. The summed E-state index contributed by atoms with van der Waals surface area (Å²) >= 11 is 0. The SMILES string of the molecule is CC(C)COc1cccc(C(=O)Nc2cccc(S(=O)(=O)NCCN)c2)c1. The predicted octanol–water partition coefficient (Wildman–Crippen LogP) is 2.21. The van der Waals surface area contributed by atoms with E-state index in [0.717, 1.165) is 0 Å². The quantitative estimate of drug-likeness (QED) is 0.607. The molecule has 0 saturated heterocycles. The highest BCUT2D eigenvalue weighted by Crippen LogP contribution is 2.18. The first kappa shape index (κ1) is 20.9. The highest BCUT2D eigenvalue weighted by molar-refractivity contribution is 7.89. The zero-order valence-electron chi connectivity index (χ0n) is 15.4. The topological polar surface area (TPSA) is 111 Å². The van der Waals surface area contributed by atoms with Gasteiger partial charge in [0, 0.05) is 24.3 Å². The maximum Gasteiger partial charge on any atom is 0.255 e. The lowest BCUT2D eigenvalue weighted by Gasteiger charge is -2.11. The molecule has 0 aliphatic rings. The molecule has 0 saturated carbocycles. The lowest BCUT2D eigenvalue weighted by molar-refractivity contribution is 0.102. The zero-order valence-corrected chi connectivity index (χ0v) is 16.3. The van der Waals surface area contributed by atoms with Crippen LogP contribution >= 0.6 is 0 Å². The summed E-state index contributed by atoms with van der Waals surface area (Å²) in [7, 11) is -3.67. The number of hydrogen-bond acceptors (Lipinski definition) is 5. The highest BCUT2D eigenvalue weighted by atomic mass is 32.2. The first-order valence-corrected chi connectivity index (χ1v) is 10.1. The Bertz CT molecular complexity index is 882. The minimum atomic E-state index is -3.67. The van der Waals surface area contributed by atoms with E-state index < -0.39 is 10.0 Å². The van der Waals surface area contributed by atoms with Crippen LogP contribution in [-0.2, 0) is 10.0 Å². The van der Waals surface area contributed by atoms with Gasteiger partial charge >= 0.3 is 0 Å². The molecule has 0 radical (unpaired) electrons. The number of amides is 1. The van der Waals surface area contributed by atoms with Gasteiger partial charge in [-0.25, -0.2) is 13.1 Å². The van der Waals surface area contributed by atoms with Crippen molar-refractivity contribution in [3.05, 3.63) is 54.1 Å². The summed E-state index contributed by atoms with van der Waals surface area (Å²) in [5.41, 5.74) is 6.13. The fraction of sp³-hybridized carbons (Fsp3) is 0.316. The van der Waals surface area contributed by atoms with Crippen LogP contribution in [0.5, 0.6) is 5.75 Å². The van der Waals surface area contributed by atoms with Crippen molar-refractivity contribution in [1.29, 1.82) is 0 Å². The maximum absolute atomic E-state index is 12.5. The molecule has 0 atom stereocenters. The molecule has 0 unspecified atom stereocenters. The molecular formula is C19H25N3O4S. The van der Waals surface area contributed by atoms with Gasteiger partial charge in [-0.1, -0.05) is 26.0 Å². The minimum absolute atomic E-state index is 0.0581. The van der Waals surface area contributed by atoms with Crippen LogP contribution in [-0.4, -0.2) is 34.0 Å². The van der Waals surface area contributed by atoms with Gasteiger partial charge in [-0.2, -0.15) is 0 Å². The van der Waals surface area contributed by atoms with E-state index >= 15 is 0 Å². The van der Waals surface area contributed by atoms with Gasteiger partial charge in [-0.05, 0) is 42.3 Å². The summed E-state index contributed by atoms with van der Waals surface area (Å²) in [4.78, 5) is 12.5. The predicted molar refractivity (Wildman–Crippen MR) is 105 cm³/mol. The first-order valence-electron chi connectivity index (χ1n) is 8.66. The van der Waals surface area contributed by atoms with E-state index in [0.29, 0.717) is 29.5 Å². The first-order chi connectivity index (χ1) is 12.8. The third kappa shape index (κ3) is 6.35. The molecular weight excluding hydrogens is 366 g/mol. The third-order valence-electron chi connectivity index (χ3n) is 3.52. The maximum atomic E-state index is 12.5. The summed E-state index contributed by atoms with van der Waals surface area (Å²) in [5, 5.41) is 2.71. The average molecular weight is 391 g/mol. The summed E-state index contributed by atoms with van der Waals surface area (Å²) in [6.45, 7) is 4.98. The number of rotatable bonds is 9. The van der Waals surface area contributed by atoms with E-state index in [1.54, 1.807) is 36.4 Å². The molecule has 0 bridgehead atoms. The van der Waals surface area contributed by atoms with Crippen molar-refractivity contribution >= 4 is 21.6 Å². The van der Waals surface area contributed by atoms with E-state index in [1.807, 2.05) is 13.8 Å². The average Bonchev–Trinajstić information content (AvgIpc) is 2.65. The number of ether oxygens (including phenoxy) is 1. The van der Waals surface area contributed by atoms with Crippen molar-refractivity contribution in [3.8, 4) is 5.75 Å². The van der Waals surface area contributed by atoms with Gasteiger partial charge in [0.25, 0.3) is 5.91 Å². The van der Waals surface area contributed by atoms with Crippen molar-refractivity contribution in [3.63, 3.8) is 0 Å². The second kappa shape index (κ2) is 9.50. The van der Waals surface area contributed by atoms with Crippen molar-refractivity contribution in [2.75, 3.05) is 25.0 Å². The van der Waals surface area contributed by atoms with Gasteiger partial charge in [0.1, 0.15) is 5.75 Å². The van der Waals surface area contributed by atoms with Crippen LogP contribution in [0.15, 0.2) is 53.4 Å². The highest BCUT2D eigenvalue weighted by Gasteiger charge is 2.14. The zero-order chi connectivity index (χ0) is 19.9. The molecule has 0 aromatic heterocycles. The van der Waals surface area contributed by atoms with Crippen LogP contribution in [0.1, 0.15) is 24.2 Å². The number of carbonyl (C=O) groups is 1. The summed E-state index contributed by atoms with van der Waals surface area (Å²) in [5.74, 6) is 0.633. The Labute approximate surface area is 160 Å². The molecule has 2 rings (SSSR count). The van der Waals surface area contributed by atoms with Crippen molar-refractivity contribution in [2.24, 2.45) is 11.7 Å². The summed E-state index contributed by atoms with van der Waals surface area (Å²) in [6.07, 6.45) is 0. The van der Waals surface area contributed by atoms with Gasteiger partial charge in [-0.3, -0.25) is 4.79 Å². The van der Waals surface area contributed by atoms with E-state index in [2.05, 4.69) is 10.0 Å². The van der Waals surface area contributed by atoms with Crippen molar-refractivity contribution in [2.45, 2.75) is 18.7 Å². The van der Waals surface area contributed by atoms with E-state index in [1.165, 1.54) is 12.1 Å². The number of nitrogens with one attached hydrogen (secondary N) is 2. The normalized spacial score (nSPS) is 11.4. The van der Waals surface area contributed by atoms with Gasteiger partial charge in [0.15, 0.2) is 0 Å². The fourth-order valence-electron chi connectivity index (χ4n) is 2.21. The largest absolute Gasteiger partial charge is 0.493 e. The molecule has 146 valence electrons. The number of carbonyl (C=O) groups excluding carboxylic acids is 1. The van der Waals surface area contributed by atoms with Gasteiger partial charge in [-0.15, -0.1) is 0 Å². The standard InChI is InChI=1S/C19H25N3O4S/c1-14(2)13-26-17-7-3-5-15(11-17)19(23)22-16-6-4-8-18(12-16)27(24,25)21-10-9-20/h3-8,11-12,14,21H,9-10,13,20H2,1-2H3,(H,22,23). The molecule has 1 amide bonds. The molecule has 0 heterocycles. The van der Waals surface area contributed by atoms with E-state index in [9.17, 15) is 13.2 Å². The Kier molecular flexibility index (Phi) is 7.35. The monoisotopic (exact) mass is 391 g/mol. The van der Waals surface area contributed by atoms with Crippen LogP contribution in [0.2, 0.25) is 0 Å². The Morgan fingerprint density at radius 2 is 1.89 bits per heavy atom. The van der Waals surface area contributed by atoms with Crippen molar-refractivity contribution < 1.29 is 17.9 Å². The van der Waals surface area contributed by atoms with Crippen LogP contribution in [0.25, 0.3) is 0 Å². The van der Waals surface area contributed by atoms with Crippen LogP contribution in [0, 0.1) is 5.92 Å². The lowest BCUT2D eigenvalue weighted by atomic mass is 10.2. The van der Waals surface area contributed by atoms with Crippen LogP contribution < -0.4 is 20.5 Å². The molecule has 0 aliphatic carbocycles. The van der Waals surface area contributed by atoms with Gasteiger partial charge in [0.05, 0.1) is 11.5 Å². The minimum Gasteiger partial charge on any atom is -0.493 e. The Morgan fingerprint density at radius 3 is 2.59 bits per heavy atom. The van der Waals surface area contributed by atoms with Gasteiger partial charge in [0.2, 0.25) is 10.0 Å². The summed E-state index contributed by atoms with van der Waals surface area (Å²) < 4.78 is 32.4. The second-order valence-corrected chi connectivity index (χ2v) is 8.17. The molecule has 2 aromatic rings. The Morgan fingerprint density at radius 1 is 1.15 bits per heavy atom. The Hall–Kier alpha value is -2.42. The molecule has 0 fully saturated rings. The van der Waals surface area contributed by atoms with Crippen LogP contribution in [0.3, 0.4) is 0 Å². The number of benzene rings is 2. The second-order valence-electron chi connectivity index (χ2n) is 6.40. The fourth-order valence-corrected chi connectivity index (χ4v) is 3.30. The molecule has 8 heteroatoms. The number of hydrogen-bond donors (Lipinski definition) is 3. The number of sulfonamides is 1. The molecule has 0 spiro atoms. The van der Waals surface area contributed by atoms with Gasteiger partial charge < -0.3 is 15.8 Å². The molecule has 7 nitrogen and oxygen atoms in total.